The molecule has 0 radical (unpaired) electrons. The predicted octanol–water partition coefficient (Wildman–Crippen LogP) is 8.73. The summed E-state index contributed by atoms with van der Waals surface area (Å²) in [5.41, 5.74) is 2.50. The number of unbranched alkanes of at least 4 members (excludes halogenated alkanes) is 3. The van der Waals surface area contributed by atoms with E-state index in [1.807, 2.05) is 0 Å². The second kappa shape index (κ2) is 17.4. The molecule has 2 aromatic rings. The average molecular weight is 557 g/mol. The summed E-state index contributed by atoms with van der Waals surface area (Å²) in [6, 6.07) is 21.1. The Morgan fingerprint density at radius 1 is 0.667 bits per heavy atom. The molecule has 2 nitrogen and oxygen atoms in total. The maximum atomic E-state index is 6.37. The van der Waals surface area contributed by atoms with Crippen molar-refractivity contribution in [1.82, 2.24) is 0 Å². The van der Waals surface area contributed by atoms with Gasteiger partial charge in [0, 0.05) is 0 Å². The Bertz CT molecular complexity index is 736. The third-order valence-corrected chi connectivity index (χ3v) is 22.7. The van der Waals surface area contributed by atoms with E-state index in [-0.39, 0.29) is 0 Å². The van der Waals surface area contributed by atoms with E-state index in [4.69, 9.17) is 9.47 Å². The summed E-state index contributed by atoms with van der Waals surface area (Å²) >= 11 is -2.54. The summed E-state index contributed by atoms with van der Waals surface area (Å²) in [6.45, 7) is 9.88. The van der Waals surface area contributed by atoms with E-state index < -0.39 is 18.4 Å². The van der Waals surface area contributed by atoms with Gasteiger partial charge in [0.05, 0.1) is 0 Å². The molecule has 33 heavy (non-hydrogen) atoms. The van der Waals surface area contributed by atoms with Crippen molar-refractivity contribution in [3.63, 3.8) is 0 Å². The zero-order valence-electron chi connectivity index (χ0n) is 21.4. The van der Waals surface area contributed by atoms with E-state index in [1.54, 1.807) is 3.59 Å². The van der Waals surface area contributed by atoms with Crippen LogP contribution >= 0.6 is 0 Å². The van der Waals surface area contributed by atoms with Gasteiger partial charge in [0.15, 0.2) is 0 Å². The van der Waals surface area contributed by atoms with Crippen LogP contribution in [0.3, 0.4) is 0 Å². The predicted molar refractivity (Wildman–Crippen MR) is 145 cm³/mol. The van der Waals surface area contributed by atoms with Crippen molar-refractivity contribution in [2.75, 3.05) is 13.2 Å². The summed E-state index contributed by atoms with van der Waals surface area (Å²) < 4.78 is 18.6. The summed E-state index contributed by atoms with van der Waals surface area (Å²) in [6.07, 6.45) is 10.4. The fraction of sp³-hybridized carbons (Fsp3) is 0.533. The van der Waals surface area contributed by atoms with Crippen molar-refractivity contribution in [3.8, 4) is 0 Å². The Labute approximate surface area is 207 Å². The molecule has 0 N–H and O–H groups in total. The molecule has 0 aliphatic rings. The van der Waals surface area contributed by atoms with Crippen molar-refractivity contribution >= 4 is 18.4 Å². The molecule has 0 aromatic heterocycles. The van der Waals surface area contributed by atoms with Crippen molar-refractivity contribution in [1.29, 1.82) is 0 Å². The van der Waals surface area contributed by atoms with E-state index in [9.17, 15) is 0 Å². The fourth-order valence-corrected chi connectivity index (χ4v) is 20.9. The summed E-state index contributed by atoms with van der Waals surface area (Å²) in [7, 11) is 0. The van der Waals surface area contributed by atoms with Crippen LogP contribution in [0.5, 0.6) is 0 Å². The van der Waals surface area contributed by atoms with Crippen LogP contribution in [0.15, 0.2) is 70.3 Å². The van der Waals surface area contributed by atoms with Crippen LogP contribution in [0.4, 0.5) is 0 Å². The van der Waals surface area contributed by atoms with Crippen LogP contribution in [-0.2, 0) is 22.7 Å². The van der Waals surface area contributed by atoms with Crippen LogP contribution in [0, 0.1) is 0 Å². The molecular formula is C30H46O2Sn. The number of benzene rings is 2. The van der Waals surface area contributed by atoms with E-state index >= 15 is 0 Å². The van der Waals surface area contributed by atoms with Gasteiger partial charge >= 0.3 is 208 Å². The van der Waals surface area contributed by atoms with Crippen molar-refractivity contribution in [3.05, 3.63) is 81.5 Å². The molecule has 0 saturated carbocycles. The van der Waals surface area contributed by atoms with Crippen LogP contribution in [0.2, 0.25) is 13.3 Å². The topological polar surface area (TPSA) is 18.5 Å². The third-order valence-electron chi connectivity index (χ3n) is 6.64. The Hall–Kier alpha value is -1.10. The molecule has 0 aliphatic carbocycles. The summed E-state index contributed by atoms with van der Waals surface area (Å²) in [5, 5.41) is 0. The Kier molecular flexibility index (Phi) is 14.8. The fourth-order valence-electron chi connectivity index (χ4n) is 4.59. The molecule has 0 heterocycles. The van der Waals surface area contributed by atoms with E-state index in [1.165, 1.54) is 63.0 Å². The van der Waals surface area contributed by atoms with Crippen molar-refractivity contribution < 1.29 is 9.47 Å². The minimum atomic E-state index is -2.54. The molecule has 3 heteroatoms. The van der Waals surface area contributed by atoms with Crippen LogP contribution in [0.25, 0.3) is 0 Å². The van der Waals surface area contributed by atoms with Gasteiger partial charge in [-0.05, 0) is 0 Å². The van der Waals surface area contributed by atoms with Crippen molar-refractivity contribution in [2.24, 2.45) is 0 Å². The molecular weight excluding hydrogens is 511 g/mol. The molecule has 0 amide bonds. The SMILES string of the molecule is CCC[CH2][Sn]([CH2]CCC)([CH2]CCC)/[C](=C/COCc1ccccc1)COCc1ccccc1. The van der Waals surface area contributed by atoms with E-state index in [2.05, 4.69) is 87.5 Å². The molecule has 2 aromatic carbocycles. The first kappa shape index (κ1) is 28.1. The normalized spacial score (nSPS) is 12.3. The van der Waals surface area contributed by atoms with E-state index in [0.29, 0.717) is 19.8 Å². The number of hydrogen-bond acceptors (Lipinski definition) is 2. The van der Waals surface area contributed by atoms with Gasteiger partial charge in [0.2, 0.25) is 0 Å². The molecule has 0 atom stereocenters. The first-order valence-corrected chi connectivity index (χ1v) is 20.6. The number of hydrogen-bond donors (Lipinski definition) is 0. The van der Waals surface area contributed by atoms with Crippen LogP contribution in [-0.4, -0.2) is 31.6 Å². The average Bonchev–Trinajstić information content (AvgIpc) is 2.86. The van der Waals surface area contributed by atoms with Gasteiger partial charge in [-0.1, -0.05) is 0 Å². The minimum absolute atomic E-state index is 0.677. The zero-order valence-corrected chi connectivity index (χ0v) is 24.2. The van der Waals surface area contributed by atoms with Gasteiger partial charge in [0.25, 0.3) is 0 Å². The van der Waals surface area contributed by atoms with Crippen LogP contribution < -0.4 is 0 Å². The van der Waals surface area contributed by atoms with Gasteiger partial charge in [-0.3, -0.25) is 0 Å². The second-order valence-corrected chi connectivity index (χ2v) is 22.7. The molecule has 2 rings (SSSR count). The first-order valence-electron chi connectivity index (χ1n) is 13.2. The second-order valence-electron chi connectivity index (χ2n) is 9.30. The monoisotopic (exact) mass is 558 g/mol. The molecule has 182 valence electrons. The molecule has 0 spiro atoms. The third kappa shape index (κ3) is 10.8. The summed E-state index contributed by atoms with van der Waals surface area (Å²) in [4.78, 5) is 0. The van der Waals surface area contributed by atoms with Crippen molar-refractivity contribution in [2.45, 2.75) is 85.8 Å². The molecule has 0 fully saturated rings. The van der Waals surface area contributed by atoms with Gasteiger partial charge in [-0.2, -0.15) is 0 Å². The molecule has 0 unspecified atom stereocenters. The number of rotatable bonds is 18. The zero-order chi connectivity index (χ0) is 23.6. The van der Waals surface area contributed by atoms with E-state index in [0.717, 1.165) is 6.61 Å². The number of ether oxygens (including phenoxy) is 2. The standard InChI is InChI=1S/C18H19O2.3C4H9.Sn/c1-3-9-17(10-4-1)15-19-13-7-8-14-20-16-18-11-5-2-6-12-18;3*1-3-4-2;/h1-7,9-12H,13-16H2;3*1,3-4H2,2H3;. The van der Waals surface area contributed by atoms with Crippen LogP contribution in [0.1, 0.15) is 70.4 Å². The van der Waals surface area contributed by atoms with Gasteiger partial charge < -0.3 is 0 Å². The molecule has 0 aliphatic heterocycles. The molecule has 0 bridgehead atoms. The Balaban J connectivity index is 2.17. The maximum absolute atomic E-state index is 6.37. The molecule has 0 saturated heterocycles. The van der Waals surface area contributed by atoms with Gasteiger partial charge in [-0.15, -0.1) is 0 Å². The first-order chi connectivity index (χ1) is 16.2. The van der Waals surface area contributed by atoms with Gasteiger partial charge in [-0.25, -0.2) is 0 Å². The Morgan fingerprint density at radius 2 is 1.12 bits per heavy atom. The Morgan fingerprint density at radius 3 is 1.58 bits per heavy atom. The summed E-state index contributed by atoms with van der Waals surface area (Å²) in [5.74, 6) is 0. The van der Waals surface area contributed by atoms with Gasteiger partial charge in [0.1, 0.15) is 0 Å². The quantitative estimate of drug-likeness (QED) is 0.135.